The second kappa shape index (κ2) is 8.03. The molecule has 1 fully saturated rings. The molecule has 2 aliphatic heterocycles. The molecule has 1 saturated heterocycles. The van der Waals surface area contributed by atoms with E-state index >= 15 is 0 Å². The third-order valence-corrected chi connectivity index (χ3v) is 7.17. The number of fused-ring (bicyclic) bond motifs is 2. The third kappa shape index (κ3) is 3.52. The van der Waals surface area contributed by atoms with Crippen LogP contribution >= 0.6 is 11.8 Å². The number of benzene rings is 2. The van der Waals surface area contributed by atoms with Gasteiger partial charge in [-0.05, 0) is 35.9 Å². The fraction of sp³-hybridized carbons (Fsp3) is 0.391. The molecule has 1 spiro atoms. The summed E-state index contributed by atoms with van der Waals surface area (Å²) in [7, 11) is 1.52. The predicted octanol–water partition coefficient (Wildman–Crippen LogP) is 4.65. The zero-order valence-electron chi connectivity index (χ0n) is 17.9. The molecule has 0 radical (unpaired) electrons. The number of carbonyl (C=O) groups excluding carboxylic acids is 2. The second-order valence-corrected chi connectivity index (χ2v) is 9.40. The van der Waals surface area contributed by atoms with Crippen LogP contribution in [-0.4, -0.2) is 36.1 Å². The number of ether oxygens (including phenoxy) is 1. The second-order valence-electron chi connectivity index (χ2n) is 8.11. The van der Waals surface area contributed by atoms with Gasteiger partial charge in [0.25, 0.3) is 5.91 Å². The van der Waals surface area contributed by atoms with Gasteiger partial charge in [0.2, 0.25) is 5.91 Å². The molecule has 2 heterocycles. The molecule has 2 aromatic rings. The lowest BCUT2D eigenvalue weighted by Gasteiger charge is -2.34. The van der Waals surface area contributed by atoms with E-state index < -0.39 is 16.6 Å². The van der Waals surface area contributed by atoms with Crippen molar-refractivity contribution in [2.45, 2.75) is 31.4 Å². The highest BCUT2D eigenvalue weighted by atomic mass is 32.2. The van der Waals surface area contributed by atoms with Gasteiger partial charge in [-0.2, -0.15) is 13.2 Å². The highest BCUT2D eigenvalue weighted by Gasteiger charge is 2.59. The Labute approximate surface area is 188 Å². The van der Waals surface area contributed by atoms with Crippen LogP contribution in [0.3, 0.4) is 0 Å². The van der Waals surface area contributed by atoms with Crippen molar-refractivity contribution >= 4 is 29.3 Å². The van der Waals surface area contributed by atoms with Gasteiger partial charge in [-0.15, -0.1) is 11.8 Å². The van der Waals surface area contributed by atoms with Crippen molar-refractivity contribution in [2.24, 2.45) is 5.92 Å². The number of carbonyl (C=O) groups is 2. The quantitative estimate of drug-likeness (QED) is 0.661. The number of anilines is 1. The first-order chi connectivity index (χ1) is 15.1. The molecule has 2 aliphatic rings. The molecule has 0 aromatic heterocycles. The predicted molar refractivity (Wildman–Crippen MR) is 116 cm³/mol. The normalized spacial score (nSPS) is 20.4. The Morgan fingerprint density at radius 1 is 1.22 bits per heavy atom. The van der Waals surface area contributed by atoms with Gasteiger partial charge >= 0.3 is 6.18 Å². The number of amides is 2. The van der Waals surface area contributed by atoms with Crippen molar-refractivity contribution in [3.63, 3.8) is 0 Å². The summed E-state index contributed by atoms with van der Waals surface area (Å²) in [5.74, 6) is 0.358. The number of halogens is 3. The Kier molecular flexibility index (Phi) is 5.65. The summed E-state index contributed by atoms with van der Waals surface area (Å²) in [4.78, 5) is 28.7. The number of thioether (sulfide) groups is 1. The Balaban J connectivity index is 1.80. The molecule has 170 valence electrons. The van der Waals surface area contributed by atoms with Crippen LogP contribution in [0.25, 0.3) is 0 Å². The SMILES string of the molecule is COc1ccc2c(c1)[C@]1(SCCN1C(=O)C(C)C)C(=O)N2Cc1cccc(C(F)(F)F)c1. The highest BCUT2D eigenvalue weighted by Crippen LogP contribution is 2.55. The van der Waals surface area contributed by atoms with Gasteiger partial charge in [0, 0.05) is 23.8 Å². The van der Waals surface area contributed by atoms with Crippen LogP contribution in [0.1, 0.15) is 30.5 Å². The summed E-state index contributed by atoms with van der Waals surface area (Å²) in [6.07, 6.45) is -4.47. The molecule has 1 atom stereocenters. The zero-order chi connectivity index (χ0) is 23.3. The maximum absolute atomic E-state index is 13.9. The summed E-state index contributed by atoms with van der Waals surface area (Å²) in [5, 5.41) is 0. The molecule has 9 heteroatoms. The zero-order valence-corrected chi connectivity index (χ0v) is 18.7. The first-order valence-corrected chi connectivity index (χ1v) is 11.2. The minimum atomic E-state index is -4.47. The van der Waals surface area contributed by atoms with E-state index in [1.807, 2.05) is 0 Å². The van der Waals surface area contributed by atoms with Crippen LogP contribution in [0.15, 0.2) is 42.5 Å². The molecular formula is C23H23F3N2O3S. The van der Waals surface area contributed by atoms with E-state index in [1.165, 1.54) is 29.8 Å². The molecule has 2 amide bonds. The standard InChI is InChI=1S/C23H23F3N2O3S/c1-14(2)20(29)28-9-10-32-22(28)18-12-17(31-3)7-8-19(18)27(21(22)30)13-15-5-4-6-16(11-15)23(24,25)26/h4-8,11-12,14H,9-10,13H2,1-3H3/t22-/m0/s1. The van der Waals surface area contributed by atoms with Crippen molar-refractivity contribution in [1.82, 2.24) is 4.90 Å². The summed E-state index contributed by atoms with van der Waals surface area (Å²) in [6, 6.07) is 10.1. The molecular weight excluding hydrogens is 441 g/mol. The Bertz CT molecular complexity index is 1070. The van der Waals surface area contributed by atoms with E-state index in [1.54, 1.807) is 43.0 Å². The highest BCUT2D eigenvalue weighted by molar-refractivity contribution is 8.01. The topological polar surface area (TPSA) is 49.9 Å². The van der Waals surface area contributed by atoms with Crippen molar-refractivity contribution in [3.8, 4) is 5.75 Å². The maximum atomic E-state index is 13.9. The lowest BCUT2D eigenvalue weighted by atomic mass is 10.0. The number of methoxy groups -OCH3 is 1. The summed E-state index contributed by atoms with van der Waals surface area (Å²) >= 11 is 1.38. The molecule has 0 N–H and O–H groups in total. The number of hydrogen-bond acceptors (Lipinski definition) is 4. The Morgan fingerprint density at radius 3 is 2.62 bits per heavy atom. The number of rotatable bonds is 4. The lowest BCUT2D eigenvalue weighted by molar-refractivity contribution is -0.142. The van der Waals surface area contributed by atoms with E-state index in [9.17, 15) is 22.8 Å². The van der Waals surface area contributed by atoms with Crippen LogP contribution in [0.5, 0.6) is 5.75 Å². The first-order valence-electron chi connectivity index (χ1n) is 10.2. The minimum absolute atomic E-state index is 0.0336. The maximum Gasteiger partial charge on any atom is 0.416 e. The number of hydrogen-bond donors (Lipinski definition) is 0. The van der Waals surface area contributed by atoms with Gasteiger partial charge in [0.1, 0.15) is 5.75 Å². The van der Waals surface area contributed by atoms with E-state index in [2.05, 4.69) is 0 Å². The Hall–Kier alpha value is -2.68. The van der Waals surface area contributed by atoms with Crippen LogP contribution in [0.4, 0.5) is 18.9 Å². The van der Waals surface area contributed by atoms with Gasteiger partial charge in [-0.1, -0.05) is 26.0 Å². The molecule has 2 aromatic carbocycles. The van der Waals surface area contributed by atoms with Crippen molar-refractivity contribution in [3.05, 3.63) is 59.2 Å². The molecule has 0 bridgehead atoms. The smallest absolute Gasteiger partial charge is 0.416 e. The van der Waals surface area contributed by atoms with E-state index in [0.29, 0.717) is 34.9 Å². The van der Waals surface area contributed by atoms with Crippen LogP contribution in [0, 0.1) is 5.92 Å². The number of nitrogens with zero attached hydrogens (tertiary/aromatic N) is 2. The van der Waals surface area contributed by atoms with Gasteiger partial charge in [-0.3, -0.25) is 9.59 Å². The number of alkyl halides is 3. The van der Waals surface area contributed by atoms with Crippen LogP contribution in [-0.2, 0) is 27.2 Å². The summed E-state index contributed by atoms with van der Waals surface area (Å²) in [5.41, 5.74) is 0.796. The fourth-order valence-corrected chi connectivity index (χ4v) is 5.70. The molecule has 0 aliphatic carbocycles. The monoisotopic (exact) mass is 464 g/mol. The molecule has 4 rings (SSSR count). The van der Waals surface area contributed by atoms with Gasteiger partial charge in [-0.25, -0.2) is 0 Å². The van der Waals surface area contributed by atoms with Crippen LogP contribution < -0.4 is 9.64 Å². The van der Waals surface area contributed by atoms with Gasteiger partial charge in [0.05, 0.1) is 24.9 Å². The summed E-state index contributed by atoms with van der Waals surface area (Å²) < 4.78 is 44.9. The Morgan fingerprint density at radius 2 is 1.97 bits per heavy atom. The lowest BCUT2D eigenvalue weighted by Crippen LogP contribution is -2.51. The van der Waals surface area contributed by atoms with Crippen molar-refractivity contribution in [2.75, 3.05) is 24.3 Å². The van der Waals surface area contributed by atoms with E-state index in [0.717, 1.165) is 12.1 Å². The average Bonchev–Trinajstić information content (AvgIpc) is 3.29. The third-order valence-electron chi connectivity index (χ3n) is 5.76. The van der Waals surface area contributed by atoms with Crippen LogP contribution in [0.2, 0.25) is 0 Å². The molecule has 5 nitrogen and oxygen atoms in total. The largest absolute Gasteiger partial charge is 0.497 e. The van der Waals surface area contributed by atoms with E-state index in [-0.39, 0.29) is 24.3 Å². The summed E-state index contributed by atoms with van der Waals surface area (Å²) in [6.45, 7) is 3.95. The minimum Gasteiger partial charge on any atom is -0.497 e. The van der Waals surface area contributed by atoms with Gasteiger partial charge < -0.3 is 14.5 Å². The average molecular weight is 465 g/mol. The fourth-order valence-electron chi connectivity index (χ4n) is 4.24. The molecule has 0 saturated carbocycles. The van der Waals surface area contributed by atoms with Crippen molar-refractivity contribution < 1.29 is 27.5 Å². The first kappa shape index (κ1) is 22.5. The van der Waals surface area contributed by atoms with Gasteiger partial charge in [0.15, 0.2) is 4.87 Å². The van der Waals surface area contributed by atoms with E-state index in [4.69, 9.17) is 4.74 Å². The van der Waals surface area contributed by atoms with Crippen molar-refractivity contribution in [1.29, 1.82) is 0 Å². The molecule has 32 heavy (non-hydrogen) atoms. The molecule has 0 unspecified atom stereocenters.